The molecule has 0 bridgehead atoms. The third-order valence-corrected chi connectivity index (χ3v) is 2.16. The van der Waals surface area contributed by atoms with Crippen LogP contribution >= 0.6 is 15.9 Å². The minimum Gasteiger partial charge on any atom is -0.478 e. The van der Waals surface area contributed by atoms with Crippen molar-refractivity contribution in [3.8, 4) is 0 Å². The summed E-state index contributed by atoms with van der Waals surface area (Å²) in [5.41, 5.74) is 1.90. The molecular formula is C11H12BrNO2. The summed E-state index contributed by atoms with van der Waals surface area (Å²) < 4.78 is 0.778. The molecule has 0 aromatic heterocycles. The molecule has 2 N–H and O–H groups in total. The molecular weight excluding hydrogens is 258 g/mol. The van der Waals surface area contributed by atoms with Crippen LogP contribution in [0.25, 0.3) is 0 Å². The summed E-state index contributed by atoms with van der Waals surface area (Å²) in [5, 5.41) is 12.0. The molecule has 0 unspecified atom stereocenters. The van der Waals surface area contributed by atoms with E-state index in [9.17, 15) is 4.79 Å². The molecule has 0 amide bonds. The van der Waals surface area contributed by atoms with E-state index in [4.69, 9.17) is 5.11 Å². The minimum atomic E-state index is -0.933. The summed E-state index contributed by atoms with van der Waals surface area (Å²) >= 11 is 3.21. The zero-order valence-electron chi connectivity index (χ0n) is 8.38. The van der Waals surface area contributed by atoms with Crippen LogP contribution in [0.4, 0.5) is 5.69 Å². The van der Waals surface area contributed by atoms with E-state index in [1.165, 1.54) is 0 Å². The fraction of sp³-hybridized carbons (Fsp3) is 0.182. The number of benzene rings is 1. The van der Waals surface area contributed by atoms with E-state index >= 15 is 0 Å². The zero-order valence-corrected chi connectivity index (χ0v) is 9.97. The normalized spacial score (nSPS) is 9.73. The molecule has 3 nitrogen and oxygen atoms in total. The Morgan fingerprint density at radius 3 is 2.80 bits per heavy atom. The van der Waals surface area contributed by atoms with Gasteiger partial charge in [-0.2, -0.15) is 0 Å². The van der Waals surface area contributed by atoms with Gasteiger partial charge in [-0.05, 0) is 24.6 Å². The van der Waals surface area contributed by atoms with Gasteiger partial charge in [0.05, 0.1) is 5.56 Å². The third-order valence-electron chi connectivity index (χ3n) is 1.88. The third kappa shape index (κ3) is 3.40. The molecule has 15 heavy (non-hydrogen) atoms. The highest BCUT2D eigenvalue weighted by Gasteiger charge is 2.09. The first-order valence-electron chi connectivity index (χ1n) is 4.42. The van der Waals surface area contributed by atoms with Crippen LogP contribution in [0.2, 0.25) is 0 Å². The maximum atomic E-state index is 10.9. The quantitative estimate of drug-likeness (QED) is 0.884. The van der Waals surface area contributed by atoms with Gasteiger partial charge in [-0.25, -0.2) is 4.79 Å². The van der Waals surface area contributed by atoms with Gasteiger partial charge in [-0.3, -0.25) is 0 Å². The van der Waals surface area contributed by atoms with Gasteiger partial charge in [0.15, 0.2) is 0 Å². The summed E-state index contributed by atoms with van der Waals surface area (Å²) in [6.07, 6.45) is 0. The standard InChI is InChI=1S/C11H12BrNO2/c1-7-3-4-9(11(14)15)10(5-7)13-6-8(2)12/h3-5,13H,2,6H2,1H3,(H,14,15). The lowest BCUT2D eigenvalue weighted by atomic mass is 10.1. The molecule has 0 atom stereocenters. The van der Waals surface area contributed by atoms with Crippen molar-refractivity contribution in [2.75, 3.05) is 11.9 Å². The molecule has 0 saturated carbocycles. The van der Waals surface area contributed by atoms with E-state index < -0.39 is 5.97 Å². The Morgan fingerprint density at radius 2 is 2.27 bits per heavy atom. The summed E-state index contributed by atoms with van der Waals surface area (Å²) in [4.78, 5) is 10.9. The molecule has 4 heteroatoms. The largest absolute Gasteiger partial charge is 0.478 e. The van der Waals surface area contributed by atoms with Gasteiger partial charge in [0.2, 0.25) is 0 Å². The SMILES string of the molecule is C=C(Br)CNc1cc(C)ccc1C(=O)O. The van der Waals surface area contributed by atoms with E-state index in [0.29, 0.717) is 12.2 Å². The van der Waals surface area contributed by atoms with Crippen LogP contribution in [0.5, 0.6) is 0 Å². The number of carbonyl (C=O) groups is 1. The number of aryl methyl sites for hydroxylation is 1. The second kappa shape index (κ2) is 4.98. The van der Waals surface area contributed by atoms with Gasteiger partial charge in [-0.15, -0.1) is 0 Å². The maximum Gasteiger partial charge on any atom is 0.337 e. The first kappa shape index (κ1) is 11.8. The fourth-order valence-electron chi connectivity index (χ4n) is 1.18. The number of carboxylic acids is 1. The molecule has 0 aliphatic carbocycles. The van der Waals surface area contributed by atoms with Gasteiger partial charge in [0, 0.05) is 16.7 Å². The van der Waals surface area contributed by atoms with Gasteiger partial charge in [0.25, 0.3) is 0 Å². The van der Waals surface area contributed by atoms with Crippen molar-refractivity contribution in [3.63, 3.8) is 0 Å². The van der Waals surface area contributed by atoms with Crippen LogP contribution in [0.3, 0.4) is 0 Å². The van der Waals surface area contributed by atoms with Crippen molar-refractivity contribution in [2.24, 2.45) is 0 Å². The second-order valence-electron chi connectivity index (χ2n) is 3.23. The van der Waals surface area contributed by atoms with E-state index in [2.05, 4.69) is 27.8 Å². The monoisotopic (exact) mass is 269 g/mol. The van der Waals surface area contributed by atoms with Crippen LogP contribution in [0.15, 0.2) is 29.3 Å². The highest BCUT2D eigenvalue weighted by Crippen LogP contribution is 2.18. The number of carboxylic acid groups (broad SMARTS) is 1. The first-order chi connectivity index (χ1) is 7.00. The van der Waals surface area contributed by atoms with Crippen LogP contribution in [0.1, 0.15) is 15.9 Å². The number of anilines is 1. The molecule has 1 aromatic rings. The molecule has 1 aromatic carbocycles. The Hall–Kier alpha value is -1.29. The predicted molar refractivity (Wildman–Crippen MR) is 64.7 cm³/mol. The minimum absolute atomic E-state index is 0.273. The van der Waals surface area contributed by atoms with Gasteiger partial charge in [0.1, 0.15) is 0 Å². The molecule has 0 saturated heterocycles. The van der Waals surface area contributed by atoms with Crippen LogP contribution in [-0.2, 0) is 0 Å². The second-order valence-corrected chi connectivity index (χ2v) is 4.35. The first-order valence-corrected chi connectivity index (χ1v) is 5.21. The molecule has 1 rings (SSSR count). The van der Waals surface area contributed by atoms with Crippen molar-refractivity contribution in [1.29, 1.82) is 0 Å². The molecule has 0 aliphatic rings. The summed E-state index contributed by atoms with van der Waals surface area (Å²) in [6.45, 7) is 6.09. The Bertz CT molecular complexity index is 402. The smallest absolute Gasteiger partial charge is 0.337 e. The number of rotatable bonds is 4. The molecule has 0 aliphatic heterocycles. The van der Waals surface area contributed by atoms with Crippen LogP contribution < -0.4 is 5.32 Å². The molecule has 0 radical (unpaired) electrons. The van der Waals surface area contributed by atoms with Crippen LogP contribution in [0, 0.1) is 6.92 Å². The highest BCUT2D eigenvalue weighted by atomic mass is 79.9. The molecule has 0 spiro atoms. The average Bonchev–Trinajstić information content (AvgIpc) is 2.14. The lowest BCUT2D eigenvalue weighted by Crippen LogP contribution is -2.07. The lowest BCUT2D eigenvalue weighted by molar-refractivity contribution is 0.0698. The summed E-state index contributed by atoms with van der Waals surface area (Å²) in [5.74, 6) is -0.933. The van der Waals surface area contributed by atoms with Gasteiger partial charge in [-0.1, -0.05) is 28.6 Å². The summed E-state index contributed by atoms with van der Waals surface area (Å²) in [6, 6.07) is 5.17. The van der Waals surface area contributed by atoms with E-state index in [-0.39, 0.29) is 5.56 Å². The number of hydrogen-bond donors (Lipinski definition) is 2. The average molecular weight is 270 g/mol. The lowest BCUT2D eigenvalue weighted by Gasteiger charge is -2.09. The molecule has 0 heterocycles. The number of aromatic carboxylic acids is 1. The van der Waals surface area contributed by atoms with Gasteiger partial charge >= 0.3 is 5.97 Å². The summed E-state index contributed by atoms with van der Waals surface area (Å²) in [7, 11) is 0. The van der Waals surface area contributed by atoms with Crippen molar-refractivity contribution >= 4 is 27.6 Å². The van der Waals surface area contributed by atoms with Crippen molar-refractivity contribution < 1.29 is 9.90 Å². The van der Waals surface area contributed by atoms with E-state index in [1.807, 2.05) is 6.92 Å². The maximum absolute atomic E-state index is 10.9. The number of hydrogen-bond acceptors (Lipinski definition) is 2. The van der Waals surface area contributed by atoms with Gasteiger partial charge < -0.3 is 10.4 Å². The van der Waals surface area contributed by atoms with E-state index in [1.54, 1.807) is 18.2 Å². The Balaban J connectivity index is 2.96. The van der Waals surface area contributed by atoms with E-state index in [0.717, 1.165) is 10.0 Å². The number of nitrogens with one attached hydrogen (secondary N) is 1. The zero-order chi connectivity index (χ0) is 11.4. The molecule has 0 fully saturated rings. The van der Waals surface area contributed by atoms with Crippen molar-refractivity contribution in [2.45, 2.75) is 6.92 Å². The predicted octanol–water partition coefficient (Wildman–Crippen LogP) is 3.01. The van der Waals surface area contributed by atoms with Crippen LogP contribution in [-0.4, -0.2) is 17.6 Å². The van der Waals surface area contributed by atoms with Crippen molar-refractivity contribution in [1.82, 2.24) is 0 Å². The van der Waals surface area contributed by atoms with Crippen molar-refractivity contribution in [3.05, 3.63) is 40.4 Å². The highest BCUT2D eigenvalue weighted by molar-refractivity contribution is 9.11. The Kier molecular flexibility index (Phi) is 3.91. The number of halogens is 1. The Morgan fingerprint density at radius 1 is 1.60 bits per heavy atom. The molecule has 80 valence electrons. The fourth-order valence-corrected chi connectivity index (χ4v) is 1.32. The topological polar surface area (TPSA) is 49.3 Å². The Labute approximate surface area is 96.9 Å².